The lowest BCUT2D eigenvalue weighted by Crippen LogP contribution is -1.97. The molecule has 0 amide bonds. The second kappa shape index (κ2) is 4.28. The molecule has 0 saturated heterocycles. The minimum atomic E-state index is -0.327. The highest BCUT2D eigenvalue weighted by Gasteiger charge is 2.09. The van der Waals surface area contributed by atoms with Gasteiger partial charge in [-0.05, 0) is 61.1 Å². The lowest BCUT2D eigenvalue weighted by molar-refractivity contribution is 0.626. The molecule has 3 rings (SSSR count). The molecule has 0 bridgehead atoms. The van der Waals surface area contributed by atoms with E-state index in [1.54, 1.807) is 16.7 Å². The molecule has 0 fully saturated rings. The van der Waals surface area contributed by atoms with Crippen molar-refractivity contribution in [2.75, 3.05) is 0 Å². The first-order valence-electron chi connectivity index (χ1n) is 5.73. The Morgan fingerprint density at radius 2 is 1.74 bits per heavy atom. The van der Waals surface area contributed by atoms with Gasteiger partial charge in [-0.1, -0.05) is 0 Å². The van der Waals surface area contributed by atoms with E-state index in [1.807, 2.05) is 6.92 Å². The van der Waals surface area contributed by atoms with Gasteiger partial charge >= 0.3 is 0 Å². The standard InChI is InChI=1S/C14H10F2N2S/c1-8-6-9(15)2-4-12(8)18-13-5-3-10(16)7-11(13)17-14(18)19/h2-7H,1H3,(H,17,19). The second-order valence-electron chi connectivity index (χ2n) is 4.36. The zero-order chi connectivity index (χ0) is 13.6. The SMILES string of the molecule is Cc1cc(F)ccc1-n1c(=S)[nH]c2cc(F)ccc21. The van der Waals surface area contributed by atoms with Crippen molar-refractivity contribution in [1.82, 2.24) is 9.55 Å². The lowest BCUT2D eigenvalue weighted by atomic mass is 10.2. The van der Waals surface area contributed by atoms with Gasteiger partial charge in [-0.2, -0.15) is 0 Å². The third kappa shape index (κ3) is 1.96. The van der Waals surface area contributed by atoms with Crippen LogP contribution in [0, 0.1) is 23.3 Å². The number of H-pyrrole nitrogens is 1. The molecule has 0 aliphatic carbocycles. The smallest absolute Gasteiger partial charge is 0.182 e. The van der Waals surface area contributed by atoms with Crippen LogP contribution in [0.15, 0.2) is 36.4 Å². The van der Waals surface area contributed by atoms with Gasteiger partial charge in [0.1, 0.15) is 11.6 Å². The van der Waals surface area contributed by atoms with Crippen molar-refractivity contribution in [1.29, 1.82) is 0 Å². The zero-order valence-electron chi connectivity index (χ0n) is 10.1. The van der Waals surface area contributed by atoms with Gasteiger partial charge in [0.2, 0.25) is 0 Å². The van der Waals surface area contributed by atoms with Gasteiger partial charge in [0.15, 0.2) is 4.77 Å². The molecule has 0 saturated carbocycles. The maximum Gasteiger partial charge on any atom is 0.182 e. The number of benzene rings is 2. The number of aryl methyl sites for hydroxylation is 1. The van der Waals surface area contributed by atoms with E-state index in [9.17, 15) is 8.78 Å². The van der Waals surface area contributed by atoms with Gasteiger partial charge in [-0.25, -0.2) is 8.78 Å². The molecule has 19 heavy (non-hydrogen) atoms. The number of halogens is 2. The van der Waals surface area contributed by atoms with E-state index >= 15 is 0 Å². The van der Waals surface area contributed by atoms with E-state index in [0.29, 0.717) is 10.3 Å². The summed E-state index contributed by atoms with van der Waals surface area (Å²) in [7, 11) is 0. The van der Waals surface area contributed by atoms with Gasteiger partial charge in [-0.15, -0.1) is 0 Å². The first kappa shape index (κ1) is 12.0. The van der Waals surface area contributed by atoms with Crippen LogP contribution in [-0.2, 0) is 0 Å². The van der Waals surface area contributed by atoms with Gasteiger partial charge < -0.3 is 4.98 Å². The van der Waals surface area contributed by atoms with E-state index in [2.05, 4.69) is 4.98 Å². The van der Waals surface area contributed by atoms with Gasteiger partial charge in [0.25, 0.3) is 0 Å². The number of fused-ring (bicyclic) bond motifs is 1. The average molecular weight is 276 g/mol. The van der Waals surface area contributed by atoms with Crippen LogP contribution in [0.4, 0.5) is 8.78 Å². The fraction of sp³-hybridized carbons (Fsp3) is 0.0714. The number of aromatic amines is 1. The Hall–Kier alpha value is -2.01. The van der Waals surface area contributed by atoms with Crippen molar-refractivity contribution in [2.45, 2.75) is 6.92 Å². The molecule has 3 aromatic rings. The summed E-state index contributed by atoms with van der Waals surface area (Å²) in [5.41, 5.74) is 2.93. The Kier molecular flexibility index (Phi) is 2.71. The predicted molar refractivity (Wildman–Crippen MR) is 73.1 cm³/mol. The van der Waals surface area contributed by atoms with Crippen LogP contribution in [0.3, 0.4) is 0 Å². The maximum atomic E-state index is 13.2. The molecule has 0 aliphatic heterocycles. The number of hydrogen-bond donors (Lipinski definition) is 1. The average Bonchev–Trinajstić information content (AvgIpc) is 2.65. The third-order valence-corrected chi connectivity index (χ3v) is 3.33. The van der Waals surface area contributed by atoms with Crippen molar-refractivity contribution in [2.24, 2.45) is 0 Å². The quantitative estimate of drug-likeness (QED) is 0.658. The van der Waals surface area contributed by atoms with Crippen LogP contribution in [-0.4, -0.2) is 9.55 Å². The number of nitrogens with one attached hydrogen (secondary N) is 1. The molecule has 96 valence electrons. The summed E-state index contributed by atoms with van der Waals surface area (Å²) in [5.74, 6) is -0.620. The van der Waals surface area contributed by atoms with Crippen LogP contribution in [0.1, 0.15) is 5.56 Å². The fourth-order valence-corrected chi connectivity index (χ4v) is 2.50. The molecule has 1 N–H and O–H groups in total. The van der Waals surface area contributed by atoms with Crippen LogP contribution in [0.5, 0.6) is 0 Å². The summed E-state index contributed by atoms with van der Waals surface area (Å²) < 4.78 is 28.6. The molecular formula is C14H10F2N2S. The normalized spacial score (nSPS) is 11.1. The van der Waals surface area contributed by atoms with Crippen molar-refractivity contribution in [3.8, 4) is 5.69 Å². The highest BCUT2D eigenvalue weighted by Crippen LogP contribution is 2.23. The van der Waals surface area contributed by atoms with Crippen LogP contribution >= 0.6 is 12.2 Å². The first-order chi connectivity index (χ1) is 9.06. The topological polar surface area (TPSA) is 20.7 Å². The molecule has 2 aromatic carbocycles. The minimum absolute atomic E-state index is 0.293. The van der Waals surface area contributed by atoms with E-state index < -0.39 is 0 Å². The number of rotatable bonds is 1. The summed E-state index contributed by atoms with van der Waals surface area (Å²) in [4.78, 5) is 2.95. The van der Waals surface area contributed by atoms with Crippen molar-refractivity contribution in [3.05, 3.63) is 58.4 Å². The predicted octanol–water partition coefficient (Wildman–Crippen LogP) is 4.27. The number of aromatic nitrogens is 2. The number of imidazole rings is 1. The lowest BCUT2D eigenvalue weighted by Gasteiger charge is -2.08. The van der Waals surface area contributed by atoms with Crippen LogP contribution < -0.4 is 0 Å². The van der Waals surface area contributed by atoms with Crippen molar-refractivity contribution in [3.63, 3.8) is 0 Å². The minimum Gasteiger partial charge on any atom is -0.330 e. The molecule has 1 aromatic heterocycles. The Balaban J connectivity index is 2.36. The van der Waals surface area contributed by atoms with Crippen LogP contribution in [0.25, 0.3) is 16.7 Å². The van der Waals surface area contributed by atoms with Gasteiger partial charge in [0, 0.05) is 0 Å². The summed E-state index contributed by atoms with van der Waals surface area (Å²) in [6.45, 7) is 1.81. The van der Waals surface area contributed by atoms with Gasteiger partial charge in [0.05, 0.1) is 16.7 Å². The van der Waals surface area contributed by atoms with Gasteiger partial charge in [-0.3, -0.25) is 4.57 Å². The van der Waals surface area contributed by atoms with Crippen molar-refractivity contribution >= 4 is 23.3 Å². The van der Waals surface area contributed by atoms with E-state index in [4.69, 9.17) is 12.2 Å². The van der Waals surface area contributed by atoms with E-state index in [-0.39, 0.29) is 11.6 Å². The fourth-order valence-electron chi connectivity index (χ4n) is 2.19. The summed E-state index contributed by atoms with van der Waals surface area (Å²) in [6, 6.07) is 8.91. The third-order valence-electron chi connectivity index (χ3n) is 3.04. The largest absolute Gasteiger partial charge is 0.330 e. The number of hydrogen-bond acceptors (Lipinski definition) is 1. The summed E-state index contributed by atoms with van der Waals surface area (Å²) >= 11 is 5.26. The monoisotopic (exact) mass is 276 g/mol. The molecule has 0 spiro atoms. The van der Waals surface area contributed by atoms with E-state index in [1.165, 1.54) is 24.3 Å². The Morgan fingerprint density at radius 1 is 1.05 bits per heavy atom. The highest BCUT2D eigenvalue weighted by molar-refractivity contribution is 7.71. The Labute approximate surface area is 113 Å². The maximum absolute atomic E-state index is 13.2. The molecule has 0 radical (unpaired) electrons. The molecular weight excluding hydrogens is 266 g/mol. The Bertz CT molecular complexity index is 833. The molecule has 1 heterocycles. The van der Waals surface area contributed by atoms with Crippen LogP contribution in [0.2, 0.25) is 0 Å². The summed E-state index contributed by atoms with van der Waals surface area (Å²) in [6.07, 6.45) is 0. The molecule has 0 unspecified atom stereocenters. The Morgan fingerprint density at radius 3 is 2.47 bits per heavy atom. The molecule has 0 aliphatic rings. The first-order valence-corrected chi connectivity index (χ1v) is 6.14. The van der Waals surface area contributed by atoms with Crippen molar-refractivity contribution < 1.29 is 8.78 Å². The molecule has 0 atom stereocenters. The highest BCUT2D eigenvalue weighted by atomic mass is 32.1. The number of nitrogens with zero attached hydrogens (tertiary/aromatic N) is 1. The molecule has 2 nitrogen and oxygen atoms in total. The molecule has 5 heteroatoms. The van der Waals surface area contributed by atoms with E-state index in [0.717, 1.165) is 16.8 Å². The second-order valence-corrected chi connectivity index (χ2v) is 4.74. The zero-order valence-corrected chi connectivity index (χ0v) is 10.9. The summed E-state index contributed by atoms with van der Waals surface area (Å²) in [5, 5.41) is 0.